The monoisotopic (exact) mass is 264 g/mol. The molecule has 1 aromatic rings. The molecule has 0 aliphatic heterocycles. The second-order valence-electron chi connectivity index (χ2n) is 5.62. The van der Waals surface area contributed by atoms with E-state index in [1.807, 2.05) is 19.9 Å². The molecule has 1 saturated carbocycles. The highest BCUT2D eigenvalue weighted by atomic mass is 19.1. The maximum Gasteiger partial charge on any atom is 0.243 e. The Kier molecular flexibility index (Phi) is 3.78. The van der Waals surface area contributed by atoms with Crippen LogP contribution in [-0.2, 0) is 4.79 Å². The summed E-state index contributed by atoms with van der Waals surface area (Å²) in [6.45, 7) is 3.86. The van der Waals surface area contributed by atoms with Gasteiger partial charge in [-0.3, -0.25) is 4.79 Å². The number of carbonyl (C=O) groups is 1. The molecule has 2 unspecified atom stereocenters. The van der Waals surface area contributed by atoms with E-state index >= 15 is 0 Å². The van der Waals surface area contributed by atoms with Crippen LogP contribution in [0.4, 0.5) is 10.1 Å². The molecule has 0 spiro atoms. The van der Waals surface area contributed by atoms with Crippen LogP contribution in [0.1, 0.15) is 38.2 Å². The lowest BCUT2D eigenvalue weighted by Crippen LogP contribution is -2.56. The van der Waals surface area contributed by atoms with Crippen molar-refractivity contribution in [1.29, 1.82) is 0 Å². The fourth-order valence-corrected chi connectivity index (χ4v) is 3.03. The molecule has 1 aliphatic rings. The van der Waals surface area contributed by atoms with E-state index in [0.29, 0.717) is 12.1 Å². The Bertz CT molecular complexity index is 469. The number of amides is 1. The number of nitrogens with one attached hydrogen (secondary N) is 1. The molecule has 2 rings (SSSR count). The third-order valence-electron chi connectivity index (χ3n) is 4.15. The van der Waals surface area contributed by atoms with Crippen LogP contribution in [-0.4, -0.2) is 11.4 Å². The molecule has 104 valence electrons. The van der Waals surface area contributed by atoms with Gasteiger partial charge in [0.15, 0.2) is 0 Å². The highest BCUT2D eigenvalue weighted by Crippen LogP contribution is 2.36. The molecule has 0 bridgehead atoms. The minimum atomic E-state index is -0.752. The van der Waals surface area contributed by atoms with Crippen molar-refractivity contribution < 1.29 is 9.18 Å². The Balaban J connectivity index is 2.33. The van der Waals surface area contributed by atoms with Gasteiger partial charge in [0.2, 0.25) is 5.91 Å². The standard InChI is InChI=1S/C15H21FN2O/c1-10-7-12(16)9-13(8-10)18-15(14(17)19)6-4-3-5-11(15)2/h7-9,11,18H,3-6H2,1-2H3,(H2,17,19). The average molecular weight is 264 g/mol. The summed E-state index contributed by atoms with van der Waals surface area (Å²) in [4.78, 5) is 11.9. The van der Waals surface area contributed by atoms with Gasteiger partial charge in [-0.25, -0.2) is 4.39 Å². The molecule has 1 amide bonds. The molecule has 3 N–H and O–H groups in total. The van der Waals surface area contributed by atoms with Gasteiger partial charge in [0, 0.05) is 5.69 Å². The predicted molar refractivity (Wildman–Crippen MR) is 74.3 cm³/mol. The van der Waals surface area contributed by atoms with Crippen LogP contribution in [0.2, 0.25) is 0 Å². The highest BCUT2D eigenvalue weighted by molar-refractivity contribution is 5.88. The minimum absolute atomic E-state index is 0.155. The lowest BCUT2D eigenvalue weighted by molar-refractivity contribution is -0.124. The third kappa shape index (κ3) is 2.72. The van der Waals surface area contributed by atoms with Crippen molar-refractivity contribution in [1.82, 2.24) is 0 Å². The zero-order valence-corrected chi connectivity index (χ0v) is 11.5. The number of nitrogens with two attached hydrogens (primary N) is 1. The number of rotatable bonds is 3. The predicted octanol–water partition coefficient (Wildman–Crippen LogP) is 2.98. The zero-order chi connectivity index (χ0) is 14.0. The van der Waals surface area contributed by atoms with Gasteiger partial charge in [0.05, 0.1) is 0 Å². The number of hydrogen-bond donors (Lipinski definition) is 2. The normalized spacial score (nSPS) is 27.0. The van der Waals surface area contributed by atoms with Crippen molar-refractivity contribution in [3.05, 3.63) is 29.6 Å². The summed E-state index contributed by atoms with van der Waals surface area (Å²) in [5, 5.41) is 3.21. The summed E-state index contributed by atoms with van der Waals surface area (Å²) in [5.74, 6) is -0.491. The molecule has 0 aromatic heterocycles. The summed E-state index contributed by atoms with van der Waals surface area (Å²) >= 11 is 0. The van der Waals surface area contributed by atoms with Crippen LogP contribution in [0.25, 0.3) is 0 Å². The highest BCUT2D eigenvalue weighted by Gasteiger charge is 2.43. The zero-order valence-electron chi connectivity index (χ0n) is 11.5. The van der Waals surface area contributed by atoms with E-state index < -0.39 is 5.54 Å². The smallest absolute Gasteiger partial charge is 0.243 e. The van der Waals surface area contributed by atoms with Crippen molar-refractivity contribution in [2.24, 2.45) is 11.7 Å². The molecule has 0 heterocycles. The molecule has 1 aromatic carbocycles. The van der Waals surface area contributed by atoms with Gasteiger partial charge in [0.25, 0.3) is 0 Å². The first-order valence-electron chi connectivity index (χ1n) is 6.79. The molecular weight excluding hydrogens is 243 g/mol. The van der Waals surface area contributed by atoms with Crippen LogP contribution in [0, 0.1) is 18.7 Å². The van der Waals surface area contributed by atoms with Crippen molar-refractivity contribution in [2.75, 3.05) is 5.32 Å². The van der Waals surface area contributed by atoms with Crippen molar-refractivity contribution in [3.63, 3.8) is 0 Å². The molecule has 19 heavy (non-hydrogen) atoms. The maximum absolute atomic E-state index is 13.4. The van der Waals surface area contributed by atoms with Gasteiger partial charge in [-0.15, -0.1) is 0 Å². The van der Waals surface area contributed by atoms with Gasteiger partial charge in [-0.05, 0) is 49.4 Å². The van der Waals surface area contributed by atoms with Crippen LogP contribution >= 0.6 is 0 Å². The van der Waals surface area contributed by atoms with E-state index in [0.717, 1.165) is 24.8 Å². The Morgan fingerprint density at radius 2 is 2.16 bits per heavy atom. The number of benzene rings is 1. The third-order valence-corrected chi connectivity index (χ3v) is 4.15. The van der Waals surface area contributed by atoms with Crippen molar-refractivity contribution in [2.45, 2.75) is 45.1 Å². The topological polar surface area (TPSA) is 55.1 Å². The van der Waals surface area contributed by atoms with Crippen molar-refractivity contribution in [3.8, 4) is 0 Å². The van der Waals surface area contributed by atoms with E-state index in [4.69, 9.17) is 5.73 Å². The van der Waals surface area contributed by atoms with Crippen molar-refractivity contribution >= 4 is 11.6 Å². The lowest BCUT2D eigenvalue weighted by Gasteiger charge is -2.41. The second kappa shape index (κ2) is 5.19. The van der Waals surface area contributed by atoms with E-state index in [-0.39, 0.29) is 17.6 Å². The molecule has 0 saturated heterocycles. The fourth-order valence-electron chi connectivity index (χ4n) is 3.03. The second-order valence-corrected chi connectivity index (χ2v) is 5.62. The summed E-state index contributed by atoms with van der Waals surface area (Å²) in [5.41, 5.74) is 6.32. The lowest BCUT2D eigenvalue weighted by atomic mass is 9.73. The van der Waals surface area contributed by atoms with E-state index in [1.54, 1.807) is 0 Å². The Morgan fingerprint density at radius 1 is 1.42 bits per heavy atom. The molecular formula is C15H21FN2O. The molecule has 4 heteroatoms. The van der Waals surface area contributed by atoms with Gasteiger partial charge in [0.1, 0.15) is 11.4 Å². The number of primary amides is 1. The van der Waals surface area contributed by atoms with Gasteiger partial charge < -0.3 is 11.1 Å². The van der Waals surface area contributed by atoms with Gasteiger partial charge >= 0.3 is 0 Å². The number of aryl methyl sites for hydroxylation is 1. The van der Waals surface area contributed by atoms with Gasteiger partial charge in [-0.2, -0.15) is 0 Å². The molecule has 0 radical (unpaired) electrons. The maximum atomic E-state index is 13.4. The number of anilines is 1. The fraction of sp³-hybridized carbons (Fsp3) is 0.533. The van der Waals surface area contributed by atoms with Crippen LogP contribution in [0.5, 0.6) is 0 Å². The number of hydrogen-bond acceptors (Lipinski definition) is 2. The summed E-state index contributed by atoms with van der Waals surface area (Å²) in [7, 11) is 0. The number of carbonyl (C=O) groups excluding carboxylic acids is 1. The molecule has 2 atom stereocenters. The first-order chi connectivity index (χ1) is 8.94. The van der Waals surface area contributed by atoms with E-state index in [9.17, 15) is 9.18 Å². The first kappa shape index (κ1) is 13.8. The first-order valence-corrected chi connectivity index (χ1v) is 6.79. The number of halogens is 1. The van der Waals surface area contributed by atoms with E-state index in [1.165, 1.54) is 12.1 Å². The Morgan fingerprint density at radius 3 is 2.74 bits per heavy atom. The SMILES string of the molecule is Cc1cc(F)cc(NC2(C(N)=O)CCCCC2C)c1. The summed E-state index contributed by atoms with van der Waals surface area (Å²) in [6, 6.07) is 4.72. The van der Waals surface area contributed by atoms with Crippen LogP contribution in [0.3, 0.4) is 0 Å². The molecule has 1 aliphatic carbocycles. The summed E-state index contributed by atoms with van der Waals surface area (Å²) < 4.78 is 13.4. The average Bonchev–Trinajstić information content (AvgIpc) is 2.30. The molecule has 3 nitrogen and oxygen atoms in total. The van der Waals surface area contributed by atoms with E-state index in [2.05, 4.69) is 5.32 Å². The van der Waals surface area contributed by atoms with Crippen LogP contribution in [0.15, 0.2) is 18.2 Å². The minimum Gasteiger partial charge on any atom is -0.371 e. The Labute approximate surface area is 113 Å². The van der Waals surface area contributed by atoms with Gasteiger partial charge in [-0.1, -0.05) is 19.8 Å². The largest absolute Gasteiger partial charge is 0.371 e. The van der Waals surface area contributed by atoms with Crippen LogP contribution < -0.4 is 11.1 Å². The quantitative estimate of drug-likeness (QED) is 0.881. The molecule has 1 fully saturated rings. The Hall–Kier alpha value is -1.58. The summed E-state index contributed by atoms with van der Waals surface area (Å²) in [6.07, 6.45) is 3.75.